The van der Waals surface area contributed by atoms with Gasteiger partial charge in [-0.25, -0.2) is 4.39 Å². The fourth-order valence-electron chi connectivity index (χ4n) is 4.33. The van der Waals surface area contributed by atoms with Gasteiger partial charge in [0.05, 0.1) is 5.56 Å². The highest BCUT2D eigenvalue weighted by Gasteiger charge is 2.37. The molecule has 0 aromatic heterocycles. The van der Waals surface area contributed by atoms with Crippen molar-refractivity contribution in [3.63, 3.8) is 0 Å². The molecule has 2 fully saturated rings. The molecular formula is C19H23F4NO. The number of carbonyl (C=O) groups excluding carboxylic acids is 1. The number of hydrogen-bond donors (Lipinski definition) is 1. The Morgan fingerprint density at radius 2 is 1.64 bits per heavy atom. The summed E-state index contributed by atoms with van der Waals surface area (Å²) >= 11 is 0. The maximum Gasteiger partial charge on any atom is 0.416 e. The summed E-state index contributed by atoms with van der Waals surface area (Å²) in [6.07, 6.45) is 5.42. The van der Waals surface area contributed by atoms with Crippen LogP contribution in [0.3, 0.4) is 0 Å². The molecule has 25 heavy (non-hydrogen) atoms. The number of alkyl halides is 3. The van der Waals surface area contributed by atoms with Gasteiger partial charge in [0, 0.05) is 11.6 Å². The molecule has 138 valence electrons. The van der Waals surface area contributed by atoms with Crippen LogP contribution < -0.4 is 5.32 Å². The maximum absolute atomic E-state index is 13.5. The molecule has 2 aliphatic rings. The van der Waals surface area contributed by atoms with Crippen LogP contribution in [-0.4, -0.2) is 11.9 Å². The van der Waals surface area contributed by atoms with Crippen LogP contribution in [0.1, 0.15) is 73.7 Å². The Morgan fingerprint density at radius 1 is 1.00 bits per heavy atom. The fourth-order valence-corrected chi connectivity index (χ4v) is 4.33. The van der Waals surface area contributed by atoms with Crippen molar-refractivity contribution in [1.29, 1.82) is 0 Å². The van der Waals surface area contributed by atoms with Crippen molar-refractivity contribution in [2.24, 2.45) is 5.41 Å². The first-order valence-electron chi connectivity index (χ1n) is 8.96. The molecule has 0 atom stereocenters. The average Bonchev–Trinajstić information content (AvgIpc) is 2.56. The zero-order valence-corrected chi connectivity index (χ0v) is 14.1. The Kier molecular flexibility index (Phi) is 5.07. The number of amides is 1. The zero-order chi connectivity index (χ0) is 18.1. The second-order valence-corrected chi connectivity index (χ2v) is 7.53. The first kappa shape index (κ1) is 18.2. The Bertz CT molecular complexity index is 625. The lowest BCUT2D eigenvalue weighted by atomic mass is 9.64. The molecule has 3 rings (SSSR count). The summed E-state index contributed by atoms with van der Waals surface area (Å²) in [5.74, 6) is -1.68. The third-order valence-corrected chi connectivity index (χ3v) is 5.78. The van der Waals surface area contributed by atoms with E-state index >= 15 is 0 Å². The summed E-state index contributed by atoms with van der Waals surface area (Å²) in [6, 6.07) is 1.93. The molecular weight excluding hydrogens is 334 g/mol. The summed E-state index contributed by atoms with van der Waals surface area (Å²) in [6.45, 7) is 0. The van der Waals surface area contributed by atoms with E-state index < -0.39 is 23.5 Å². The van der Waals surface area contributed by atoms with Crippen molar-refractivity contribution in [2.45, 2.75) is 70.0 Å². The number of nitrogens with one attached hydrogen (secondary N) is 1. The Balaban J connectivity index is 1.62. The normalized spacial score (nSPS) is 21.3. The third-order valence-electron chi connectivity index (χ3n) is 5.78. The standard InChI is InChI=1S/C19H23F4NO/c20-15-11-13(10-14(12-15)19(21,22)23)17(25)24-16-4-8-18(9-5-16)6-2-1-3-7-18/h10-12,16H,1-9H2,(H,24,25). The second kappa shape index (κ2) is 6.96. The highest BCUT2D eigenvalue weighted by molar-refractivity contribution is 5.94. The van der Waals surface area contributed by atoms with E-state index in [1.807, 2.05) is 0 Å². The van der Waals surface area contributed by atoms with E-state index in [9.17, 15) is 22.4 Å². The van der Waals surface area contributed by atoms with Crippen LogP contribution in [0.4, 0.5) is 17.6 Å². The lowest BCUT2D eigenvalue weighted by Gasteiger charge is -2.43. The van der Waals surface area contributed by atoms with Crippen molar-refractivity contribution in [3.8, 4) is 0 Å². The molecule has 0 radical (unpaired) electrons. The molecule has 1 aromatic carbocycles. The molecule has 0 unspecified atom stereocenters. The van der Waals surface area contributed by atoms with Crippen LogP contribution in [-0.2, 0) is 6.18 Å². The minimum Gasteiger partial charge on any atom is -0.349 e. The van der Waals surface area contributed by atoms with Crippen molar-refractivity contribution in [2.75, 3.05) is 0 Å². The second-order valence-electron chi connectivity index (χ2n) is 7.53. The van der Waals surface area contributed by atoms with Gasteiger partial charge in [0.25, 0.3) is 5.91 Å². The van der Waals surface area contributed by atoms with Crippen LogP contribution in [0.5, 0.6) is 0 Å². The maximum atomic E-state index is 13.5. The van der Waals surface area contributed by atoms with E-state index in [1.54, 1.807) is 0 Å². The summed E-state index contributed by atoms with van der Waals surface area (Å²) in [5.41, 5.74) is -1.00. The largest absolute Gasteiger partial charge is 0.416 e. The molecule has 1 amide bonds. The van der Waals surface area contributed by atoms with Crippen molar-refractivity contribution in [1.82, 2.24) is 5.32 Å². The van der Waals surface area contributed by atoms with E-state index in [0.29, 0.717) is 17.5 Å². The molecule has 0 saturated heterocycles. The van der Waals surface area contributed by atoms with Crippen LogP contribution in [0.2, 0.25) is 0 Å². The molecule has 0 aliphatic heterocycles. The van der Waals surface area contributed by atoms with Gasteiger partial charge in [-0.15, -0.1) is 0 Å². The Hall–Kier alpha value is -1.59. The minimum atomic E-state index is -4.67. The zero-order valence-electron chi connectivity index (χ0n) is 14.1. The molecule has 2 saturated carbocycles. The number of halogens is 4. The predicted molar refractivity (Wildman–Crippen MR) is 86.6 cm³/mol. The molecule has 2 aliphatic carbocycles. The lowest BCUT2D eigenvalue weighted by molar-refractivity contribution is -0.137. The number of carbonyl (C=O) groups is 1. The molecule has 1 N–H and O–H groups in total. The van der Waals surface area contributed by atoms with Gasteiger partial charge in [0.2, 0.25) is 0 Å². The molecule has 2 nitrogen and oxygen atoms in total. The molecule has 1 aromatic rings. The van der Waals surface area contributed by atoms with E-state index in [2.05, 4.69) is 5.32 Å². The molecule has 6 heteroatoms. The highest BCUT2D eigenvalue weighted by atomic mass is 19.4. The van der Waals surface area contributed by atoms with Gasteiger partial charge >= 0.3 is 6.18 Å². The van der Waals surface area contributed by atoms with Gasteiger partial charge in [-0.05, 0) is 62.1 Å². The summed E-state index contributed by atoms with van der Waals surface area (Å²) in [5, 5.41) is 2.79. The van der Waals surface area contributed by atoms with E-state index in [1.165, 1.54) is 32.1 Å². The predicted octanol–water partition coefficient (Wildman–Crippen LogP) is 5.47. The van der Waals surface area contributed by atoms with Crippen LogP contribution in [0.25, 0.3) is 0 Å². The smallest absolute Gasteiger partial charge is 0.349 e. The van der Waals surface area contributed by atoms with E-state index in [-0.39, 0.29) is 11.6 Å². The fraction of sp³-hybridized carbons (Fsp3) is 0.632. The van der Waals surface area contributed by atoms with Gasteiger partial charge in [0.15, 0.2) is 0 Å². The molecule has 0 bridgehead atoms. The quantitative estimate of drug-likeness (QED) is 0.699. The van der Waals surface area contributed by atoms with Crippen molar-refractivity contribution in [3.05, 3.63) is 35.1 Å². The molecule has 0 heterocycles. The summed E-state index contributed by atoms with van der Waals surface area (Å²) < 4.78 is 51.8. The summed E-state index contributed by atoms with van der Waals surface area (Å²) in [7, 11) is 0. The van der Waals surface area contributed by atoms with Gasteiger partial charge in [0.1, 0.15) is 5.82 Å². The van der Waals surface area contributed by atoms with E-state index in [0.717, 1.165) is 31.7 Å². The SMILES string of the molecule is O=C(NC1CCC2(CCCCC2)CC1)c1cc(F)cc(C(F)(F)F)c1. The van der Waals surface area contributed by atoms with Gasteiger partial charge < -0.3 is 5.32 Å². The average molecular weight is 357 g/mol. The van der Waals surface area contributed by atoms with Crippen LogP contribution in [0, 0.1) is 11.2 Å². The lowest BCUT2D eigenvalue weighted by Crippen LogP contribution is -2.41. The van der Waals surface area contributed by atoms with Crippen LogP contribution >= 0.6 is 0 Å². The van der Waals surface area contributed by atoms with Crippen molar-refractivity contribution >= 4 is 5.91 Å². The van der Waals surface area contributed by atoms with Gasteiger partial charge in [-0.3, -0.25) is 4.79 Å². The van der Waals surface area contributed by atoms with E-state index in [4.69, 9.17) is 0 Å². The Morgan fingerprint density at radius 3 is 2.24 bits per heavy atom. The topological polar surface area (TPSA) is 29.1 Å². The molecule has 1 spiro atoms. The monoisotopic (exact) mass is 357 g/mol. The highest BCUT2D eigenvalue weighted by Crippen LogP contribution is 2.47. The Labute approximate surface area is 145 Å². The number of hydrogen-bond acceptors (Lipinski definition) is 1. The minimum absolute atomic E-state index is 0.0438. The van der Waals surface area contributed by atoms with Gasteiger partial charge in [-0.2, -0.15) is 13.2 Å². The van der Waals surface area contributed by atoms with Crippen molar-refractivity contribution < 1.29 is 22.4 Å². The first-order chi connectivity index (χ1) is 11.8. The summed E-state index contributed by atoms with van der Waals surface area (Å²) in [4.78, 5) is 12.3. The number of rotatable bonds is 2. The van der Waals surface area contributed by atoms with Gasteiger partial charge in [-0.1, -0.05) is 19.3 Å². The number of benzene rings is 1. The first-order valence-corrected chi connectivity index (χ1v) is 8.96. The van der Waals surface area contributed by atoms with Crippen LogP contribution in [0.15, 0.2) is 18.2 Å². The third kappa shape index (κ3) is 4.33.